The largest absolute Gasteiger partial charge is 0.339 e. The highest BCUT2D eigenvalue weighted by molar-refractivity contribution is 6.35. The van der Waals surface area contributed by atoms with Crippen LogP contribution in [0.1, 0.15) is 18.7 Å². The van der Waals surface area contributed by atoms with Crippen molar-refractivity contribution in [1.82, 2.24) is 9.55 Å². The third-order valence-electron chi connectivity index (χ3n) is 3.03. The summed E-state index contributed by atoms with van der Waals surface area (Å²) in [5.74, 6) is 0. The average Bonchev–Trinajstić information content (AvgIpc) is 2.76. The molecular formula is C12H10Cl2N2O. The van der Waals surface area contributed by atoms with E-state index in [2.05, 4.69) is 4.98 Å². The molecule has 1 fully saturated rings. The van der Waals surface area contributed by atoms with E-state index in [-0.39, 0.29) is 6.23 Å². The summed E-state index contributed by atoms with van der Waals surface area (Å²) in [6.07, 6.45) is 5.29. The van der Waals surface area contributed by atoms with E-state index in [1.54, 1.807) is 18.6 Å². The lowest BCUT2D eigenvalue weighted by molar-refractivity contribution is 0.293. The molecule has 2 heterocycles. The molecule has 88 valence electrons. The van der Waals surface area contributed by atoms with E-state index in [4.69, 9.17) is 27.9 Å². The second-order valence-electron chi connectivity index (χ2n) is 4.21. The van der Waals surface area contributed by atoms with Gasteiger partial charge in [-0.05, 0) is 19.1 Å². The van der Waals surface area contributed by atoms with Gasteiger partial charge in [0.25, 0.3) is 0 Å². The van der Waals surface area contributed by atoms with Crippen LogP contribution in [0.2, 0.25) is 10.0 Å². The Labute approximate surface area is 109 Å². The van der Waals surface area contributed by atoms with Crippen LogP contribution < -0.4 is 0 Å². The molecule has 1 saturated heterocycles. The third-order valence-corrected chi connectivity index (χ3v) is 3.58. The van der Waals surface area contributed by atoms with Crippen molar-refractivity contribution < 1.29 is 4.74 Å². The molecule has 2 atom stereocenters. The van der Waals surface area contributed by atoms with E-state index in [0.717, 1.165) is 5.56 Å². The van der Waals surface area contributed by atoms with Crippen LogP contribution in [0.25, 0.3) is 0 Å². The second-order valence-corrected chi connectivity index (χ2v) is 5.05. The molecule has 0 bridgehead atoms. The first-order valence-corrected chi connectivity index (χ1v) is 5.97. The molecule has 0 radical (unpaired) electrons. The number of nitrogens with zero attached hydrogens (tertiary/aromatic N) is 2. The summed E-state index contributed by atoms with van der Waals surface area (Å²) in [7, 11) is 0. The van der Waals surface area contributed by atoms with Crippen molar-refractivity contribution in [2.24, 2.45) is 0 Å². The highest BCUT2D eigenvalue weighted by Gasteiger charge is 2.56. The Hall–Kier alpha value is -1.03. The molecule has 5 heteroatoms. The van der Waals surface area contributed by atoms with Gasteiger partial charge in [-0.15, -0.1) is 0 Å². The summed E-state index contributed by atoms with van der Waals surface area (Å²) >= 11 is 12.1. The first-order chi connectivity index (χ1) is 8.11. The maximum atomic E-state index is 6.19. The summed E-state index contributed by atoms with van der Waals surface area (Å²) in [4.78, 5) is 4.01. The lowest BCUT2D eigenvalue weighted by Crippen LogP contribution is -2.08. The van der Waals surface area contributed by atoms with Crippen LogP contribution in [0.3, 0.4) is 0 Å². The topological polar surface area (TPSA) is 30.4 Å². The van der Waals surface area contributed by atoms with Crippen LogP contribution in [0.15, 0.2) is 36.9 Å². The SMILES string of the molecule is CC1(c2ccc(Cl)cc2Cl)OC1n1ccnc1. The normalized spacial score (nSPS) is 27.1. The Morgan fingerprint density at radius 1 is 1.41 bits per heavy atom. The van der Waals surface area contributed by atoms with Gasteiger partial charge < -0.3 is 9.30 Å². The van der Waals surface area contributed by atoms with Crippen LogP contribution in [-0.2, 0) is 10.3 Å². The molecule has 1 aromatic heterocycles. The van der Waals surface area contributed by atoms with E-state index >= 15 is 0 Å². The summed E-state index contributed by atoms with van der Waals surface area (Å²) in [5, 5.41) is 1.25. The van der Waals surface area contributed by atoms with Gasteiger partial charge in [-0.1, -0.05) is 29.3 Å². The van der Waals surface area contributed by atoms with Crippen LogP contribution in [-0.4, -0.2) is 9.55 Å². The van der Waals surface area contributed by atoms with E-state index in [0.29, 0.717) is 10.0 Å². The number of epoxide rings is 1. The van der Waals surface area contributed by atoms with Crippen molar-refractivity contribution in [3.05, 3.63) is 52.5 Å². The molecule has 0 aliphatic carbocycles. The third kappa shape index (κ3) is 1.75. The fraction of sp³-hybridized carbons (Fsp3) is 0.250. The smallest absolute Gasteiger partial charge is 0.169 e. The van der Waals surface area contributed by atoms with Gasteiger partial charge in [0.05, 0.1) is 6.33 Å². The maximum Gasteiger partial charge on any atom is 0.169 e. The Morgan fingerprint density at radius 2 is 2.24 bits per heavy atom. The molecule has 2 unspecified atom stereocenters. The quantitative estimate of drug-likeness (QED) is 0.779. The van der Waals surface area contributed by atoms with Crippen molar-refractivity contribution in [3.63, 3.8) is 0 Å². The zero-order valence-corrected chi connectivity index (χ0v) is 10.6. The standard InChI is InChI=1S/C12H10Cl2N2O/c1-12(9-3-2-8(13)6-10(9)14)11(17-12)16-5-4-15-7-16/h2-7,11H,1H3. The maximum absolute atomic E-state index is 6.19. The zero-order chi connectivity index (χ0) is 12.0. The molecule has 17 heavy (non-hydrogen) atoms. The van der Waals surface area contributed by atoms with E-state index in [1.165, 1.54) is 0 Å². The zero-order valence-electron chi connectivity index (χ0n) is 9.10. The predicted molar refractivity (Wildman–Crippen MR) is 66.2 cm³/mol. The van der Waals surface area contributed by atoms with Crippen LogP contribution >= 0.6 is 23.2 Å². The molecule has 3 rings (SSSR count). The van der Waals surface area contributed by atoms with Gasteiger partial charge in [-0.25, -0.2) is 4.98 Å². The number of aromatic nitrogens is 2. The molecule has 1 aromatic carbocycles. The van der Waals surface area contributed by atoms with Gasteiger partial charge in [-0.2, -0.15) is 0 Å². The highest BCUT2D eigenvalue weighted by atomic mass is 35.5. The molecule has 0 saturated carbocycles. The minimum Gasteiger partial charge on any atom is -0.339 e. The lowest BCUT2D eigenvalue weighted by atomic mass is 10.0. The molecule has 1 aliphatic heterocycles. The number of rotatable bonds is 2. The fourth-order valence-electron chi connectivity index (χ4n) is 2.04. The van der Waals surface area contributed by atoms with Crippen LogP contribution in [0.4, 0.5) is 0 Å². The molecular weight excluding hydrogens is 259 g/mol. The number of hydrogen-bond acceptors (Lipinski definition) is 2. The van der Waals surface area contributed by atoms with Gasteiger partial charge >= 0.3 is 0 Å². The molecule has 0 amide bonds. The number of hydrogen-bond donors (Lipinski definition) is 0. The van der Waals surface area contributed by atoms with Crippen LogP contribution in [0, 0.1) is 0 Å². The summed E-state index contributed by atoms with van der Waals surface area (Å²) in [5.41, 5.74) is 0.546. The van der Waals surface area contributed by atoms with Gasteiger partial charge in [-0.3, -0.25) is 0 Å². The summed E-state index contributed by atoms with van der Waals surface area (Å²) in [6.45, 7) is 2.01. The monoisotopic (exact) mass is 268 g/mol. The number of halogens is 2. The first-order valence-electron chi connectivity index (χ1n) is 5.22. The summed E-state index contributed by atoms with van der Waals surface area (Å²) in [6, 6.07) is 5.46. The molecule has 1 aliphatic rings. The highest BCUT2D eigenvalue weighted by Crippen LogP contribution is 2.55. The number of benzene rings is 1. The van der Waals surface area contributed by atoms with Gasteiger partial charge in [0.2, 0.25) is 0 Å². The fourth-order valence-corrected chi connectivity index (χ4v) is 2.64. The van der Waals surface area contributed by atoms with Gasteiger partial charge in [0, 0.05) is 28.0 Å². The van der Waals surface area contributed by atoms with Crippen LogP contribution in [0.5, 0.6) is 0 Å². The first kappa shape index (κ1) is 11.1. The molecule has 0 spiro atoms. The Balaban J connectivity index is 1.96. The number of imidazole rings is 1. The van der Waals surface area contributed by atoms with Crippen molar-refractivity contribution >= 4 is 23.2 Å². The van der Waals surface area contributed by atoms with Gasteiger partial charge in [0.15, 0.2) is 6.23 Å². The average molecular weight is 269 g/mol. The second kappa shape index (κ2) is 3.73. The van der Waals surface area contributed by atoms with E-state index in [9.17, 15) is 0 Å². The molecule has 2 aromatic rings. The Kier molecular flexibility index (Phi) is 2.43. The minimum absolute atomic E-state index is 0.0522. The van der Waals surface area contributed by atoms with Crippen molar-refractivity contribution in [2.75, 3.05) is 0 Å². The Morgan fingerprint density at radius 3 is 2.88 bits per heavy atom. The van der Waals surface area contributed by atoms with Gasteiger partial charge in [0.1, 0.15) is 5.60 Å². The summed E-state index contributed by atoms with van der Waals surface area (Å²) < 4.78 is 7.67. The molecule has 3 nitrogen and oxygen atoms in total. The van der Waals surface area contributed by atoms with Crippen molar-refractivity contribution in [3.8, 4) is 0 Å². The molecule has 0 N–H and O–H groups in total. The minimum atomic E-state index is -0.400. The number of ether oxygens (including phenoxy) is 1. The van der Waals surface area contributed by atoms with Crippen molar-refractivity contribution in [1.29, 1.82) is 0 Å². The van der Waals surface area contributed by atoms with E-state index in [1.807, 2.05) is 29.8 Å². The van der Waals surface area contributed by atoms with Crippen molar-refractivity contribution in [2.45, 2.75) is 18.8 Å². The predicted octanol–water partition coefficient (Wildman–Crippen LogP) is 3.63. The Bertz CT molecular complexity index is 556. The lowest BCUT2D eigenvalue weighted by Gasteiger charge is -2.09. The van der Waals surface area contributed by atoms with E-state index < -0.39 is 5.60 Å².